The van der Waals surface area contributed by atoms with Crippen molar-refractivity contribution in [3.05, 3.63) is 23.4 Å². The molecule has 5 nitrogen and oxygen atoms in total. The molecule has 0 aliphatic rings. The van der Waals surface area contributed by atoms with Crippen LogP contribution in [0.25, 0.3) is 0 Å². The number of pyridine rings is 1. The Morgan fingerprint density at radius 2 is 2.29 bits per heavy atom. The van der Waals surface area contributed by atoms with Gasteiger partial charge in [0, 0.05) is 23.8 Å². The van der Waals surface area contributed by atoms with Crippen molar-refractivity contribution >= 4 is 27.6 Å². The minimum Gasteiger partial charge on any atom is -0.255 e. The molecule has 1 aromatic rings. The number of nitrogens with zero attached hydrogens (tertiary/aromatic N) is 1. The van der Waals surface area contributed by atoms with E-state index in [4.69, 9.17) is 11.6 Å². The third-order valence-electron chi connectivity index (χ3n) is 1.30. The number of aromatic nitrogens is 1. The summed E-state index contributed by atoms with van der Waals surface area (Å²) in [6, 6.07) is 2.99. The molecule has 0 bridgehead atoms. The summed E-state index contributed by atoms with van der Waals surface area (Å²) in [5, 5.41) is 0.425. The van der Waals surface area contributed by atoms with Crippen LogP contribution in [0, 0.1) is 0 Å². The molecule has 1 heterocycles. The maximum absolute atomic E-state index is 11.2. The fourth-order valence-electron chi connectivity index (χ4n) is 0.824. The molecule has 1 rings (SSSR count). The summed E-state index contributed by atoms with van der Waals surface area (Å²) in [7, 11) is -3.52. The third kappa shape index (κ3) is 3.49. The second-order valence-electron chi connectivity index (χ2n) is 2.46. The van der Waals surface area contributed by atoms with Crippen molar-refractivity contribution in [3.63, 3.8) is 0 Å². The van der Waals surface area contributed by atoms with Gasteiger partial charge in [-0.1, -0.05) is 18.5 Å². The molecule has 2 N–H and O–H groups in total. The van der Waals surface area contributed by atoms with Crippen molar-refractivity contribution < 1.29 is 8.42 Å². The Labute approximate surface area is 87.7 Å². The SMILES string of the molecule is CCNS(=O)(=O)Nc1cc(Cl)ccn1. The molecular weight excluding hydrogens is 226 g/mol. The van der Waals surface area contributed by atoms with Crippen LogP contribution >= 0.6 is 11.6 Å². The topological polar surface area (TPSA) is 71.1 Å². The largest absolute Gasteiger partial charge is 0.300 e. The van der Waals surface area contributed by atoms with Crippen LogP contribution in [0.3, 0.4) is 0 Å². The third-order valence-corrected chi connectivity index (χ3v) is 2.68. The predicted molar refractivity (Wildman–Crippen MR) is 55.5 cm³/mol. The molecule has 0 atom stereocenters. The Balaban J connectivity index is 2.79. The minimum absolute atomic E-state index is 0.193. The van der Waals surface area contributed by atoms with Gasteiger partial charge >= 0.3 is 0 Å². The van der Waals surface area contributed by atoms with Gasteiger partial charge in [0.1, 0.15) is 5.82 Å². The standard InChI is InChI=1S/C7H10ClN3O2S/c1-2-10-14(12,13)11-7-5-6(8)3-4-9-7/h3-5,10H,2H2,1H3,(H,9,11). The molecule has 0 spiro atoms. The molecular formula is C7H10ClN3O2S. The van der Waals surface area contributed by atoms with Gasteiger partial charge in [-0.2, -0.15) is 13.1 Å². The van der Waals surface area contributed by atoms with E-state index in [0.717, 1.165) is 0 Å². The molecule has 0 aromatic carbocycles. The van der Waals surface area contributed by atoms with Gasteiger partial charge in [-0.25, -0.2) is 4.98 Å². The van der Waals surface area contributed by atoms with Gasteiger partial charge in [-0.05, 0) is 6.07 Å². The zero-order valence-corrected chi connectivity index (χ0v) is 9.06. The first-order valence-corrected chi connectivity index (χ1v) is 5.78. The molecule has 0 unspecified atom stereocenters. The van der Waals surface area contributed by atoms with Gasteiger partial charge in [0.25, 0.3) is 10.2 Å². The Bertz CT molecular complexity index is 407. The molecule has 78 valence electrons. The lowest BCUT2D eigenvalue weighted by Gasteiger charge is -2.06. The molecule has 0 fully saturated rings. The molecule has 0 amide bonds. The Morgan fingerprint density at radius 1 is 1.57 bits per heavy atom. The molecule has 14 heavy (non-hydrogen) atoms. The summed E-state index contributed by atoms with van der Waals surface area (Å²) in [6.45, 7) is 2.00. The van der Waals surface area contributed by atoms with E-state index in [1.807, 2.05) is 0 Å². The maximum Gasteiger partial charge on any atom is 0.300 e. The van der Waals surface area contributed by atoms with Crippen LogP contribution in [0.5, 0.6) is 0 Å². The lowest BCUT2D eigenvalue weighted by atomic mass is 10.5. The molecule has 0 aliphatic carbocycles. The second kappa shape index (κ2) is 4.59. The Kier molecular flexibility index (Phi) is 3.68. The van der Waals surface area contributed by atoms with Crippen LogP contribution in [0.4, 0.5) is 5.82 Å². The molecule has 0 saturated carbocycles. The number of rotatable bonds is 4. The van der Waals surface area contributed by atoms with Crippen LogP contribution in [-0.4, -0.2) is 19.9 Å². The van der Waals surface area contributed by atoms with Crippen molar-refractivity contribution in [1.29, 1.82) is 0 Å². The fourth-order valence-corrected chi connectivity index (χ4v) is 1.82. The molecule has 7 heteroatoms. The summed E-state index contributed by atoms with van der Waals surface area (Å²) in [4.78, 5) is 3.79. The van der Waals surface area contributed by atoms with Gasteiger partial charge in [-0.3, -0.25) is 4.72 Å². The number of halogens is 1. The van der Waals surface area contributed by atoms with E-state index in [-0.39, 0.29) is 5.82 Å². The van der Waals surface area contributed by atoms with E-state index in [1.165, 1.54) is 12.3 Å². The van der Waals surface area contributed by atoms with Gasteiger partial charge in [0.15, 0.2) is 0 Å². The second-order valence-corrected chi connectivity index (χ2v) is 4.40. The lowest BCUT2D eigenvalue weighted by Crippen LogP contribution is -2.30. The van der Waals surface area contributed by atoms with Crippen molar-refractivity contribution in [2.45, 2.75) is 6.92 Å². The summed E-state index contributed by atoms with van der Waals surface area (Å²) >= 11 is 5.66. The molecule has 1 aromatic heterocycles. The zero-order valence-electron chi connectivity index (χ0n) is 7.49. The molecule has 0 saturated heterocycles. The fraction of sp³-hybridized carbons (Fsp3) is 0.286. The highest BCUT2D eigenvalue weighted by Gasteiger charge is 2.08. The molecule has 0 radical (unpaired) electrons. The van der Waals surface area contributed by atoms with Crippen molar-refractivity contribution in [2.75, 3.05) is 11.3 Å². The Hall–Kier alpha value is -0.850. The van der Waals surface area contributed by atoms with E-state index in [1.54, 1.807) is 13.0 Å². The summed E-state index contributed by atoms with van der Waals surface area (Å²) in [6.07, 6.45) is 1.42. The van der Waals surface area contributed by atoms with E-state index < -0.39 is 10.2 Å². The normalized spacial score (nSPS) is 11.3. The smallest absolute Gasteiger partial charge is 0.255 e. The lowest BCUT2D eigenvalue weighted by molar-refractivity contribution is 0.589. The van der Waals surface area contributed by atoms with Crippen molar-refractivity contribution in [1.82, 2.24) is 9.71 Å². The summed E-state index contributed by atoms with van der Waals surface area (Å²) in [5.74, 6) is 0.193. The van der Waals surface area contributed by atoms with Crippen LogP contribution in [-0.2, 0) is 10.2 Å². The Morgan fingerprint density at radius 3 is 2.86 bits per heavy atom. The summed E-state index contributed by atoms with van der Waals surface area (Å²) < 4.78 is 26.9. The van der Waals surface area contributed by atoms with Crippen LogP contribution in [0.2, 0.25) is 5.02 Å². The summed E-state index contributed by atoms with van der Waals surface area (Å²) in [5.41, 5.74) is 0. The predicted octanol–water partition coefficient (Wildman–Crippen LogP) is 1.00. The van der Waals surface area contributed by atoms with Gasteiger partial charge in [0.05, 0.1) is 0 Å². The quantitative estimate of drug-likeness (QED) is 0.818. The number of anilines is 1. The highest BCUT2D eigenvalue weighted by Crippen LogP contribution is 2.12. The first-order valence-electron chi connectivity index (χ1n) is 3.92. The zero-order chi connectivity index (χ0) is 10.6. The highest BCUT2D eigenvalue weighted by molar-refractivity contribution is 7.90. The van der Waals surface area contributed by atoms with Crippen LogP contribution < -0.4 is 9.44 Å². The highest BCUT2D eigenvalue weighted by atomic mass is 35.5. The van der Waals surface area contributed by atoms with Crippen molar-refractivity contribution in [3.8, 4) is 0 Å². The average molecular weight is 236 g/mol. The van der Waals surface area contributed by atoms with E-state index >= 15 is 0 Å². The number of hydrogen-bond acceptors (Lipinski definition) is 3. The van der Waals surface area contributed by atoms with Crippen LogP contribution in [0.15, 0.2) is 18.3 Å². The number of hydrogen-bond donors (Lipinski definition) is 2. The van der Waals surface area contributed by atoms with Gasteiger partial charge < -0.3 is 0 Å². The van der Waals surface area contributed by atoms with Crippen molar-refractivity contribution in [2.24, 2.45) is 0 Å². The minimum atomic E-state index is -3.52. The van der Waals surface area contributed by atoms with Crippen LogP contribution in [0.1, 0.15) is 6.92 Å². The first-order chi connectivity index (χ1) is 6.53. The monoisotopic (exact) mass is 235 g/mol. The van der Waals surface area contributed by atoms with E-state index in [2.05, 4.69) is 14.4 Å². The first kappa shape index (κ1) is 11.2. The van der Waals surface area contributed by atoms with Gasteiger partial charge in [-0.15, -0.1) is 0 Å². The van der Waals surface area contributed by atoms with E-state index in [0.29, 0.717) is 11.6 Å². The van der Waals surface area contributed by atoms with Gasteiger partial charge in [0.2, 0.25) is 0 Å². The number of nitrogens with one attached hydrogen (secondary N) is 2. The van der Waals surface area contributed by atoms with E-state index in [9.17, 15) is 8.42 Å². The molecule has 0 aliphatic heterocycles. The average Bonchev–Trinajstić information content (AvgIpc) is 2.02. The maximum atomic E-state index is 11.2.